The van der Waals surface area contributed by atoms with Gasteiger partial charge in [0.25, 0.3) is 17.4 Å². The summed E-state index contributed by atoms with van der Waals surface area (Å²) in [6, 6.07) is 14.3. The Kier molecular flexibility index (Phi) is 4.83. The number of carbonyl (C=O) groups is 2. The third-order valence-electron chi connectivity index (χ3n) is 4.58. The summed E-state index contributed by atoms with van der Waals surface area (Å²) in [7, 11) is 0. The van der Waals surface area contributed by atoms with Gasteiger partial charge >= 0.3 is 0 Å². The standard InChI is InChI=1S/C19H18N6O3/c26-17(13-11-20-16-8-4-5-9-25(16)19(13)28)23-24-18(27)15-10-14(21-22-15)12-6-2-1-3-7-12/h1-9,11,14-15,21-22H,10H2,(H,23,26)(H,24,27). The fourth-order valence-electron chi connectivity index (χ4n) is 3.09. The highest BCUT2D eigenvalue weighted by Gasteiger charge is 2.30. The molecule has 0 bridgehead atoms. The van der Waals surface area contributed by atoms with Gasteiger partial charge in [-0.15, -0.1) is 0 Å². The van der Waals surface area contributed by atoms with Crippen molar-refractivity contribution < 1.29 is 9.59 Å². The maximum absolute atomic E-state index is 12.4. The highest BCUT2D eigenvalue weighted by molar-refractivity contribution is 5.95. The number of hydrogen-bond donors (Lipinski definition) is 4. The molecular weight excluding hydrogens is 360 g/mol. The molecule has 1 aliphatic rings. The summed E-state index contributed by atoms with van der Waals surface area (Å²) in [5.74, 6) is -1.14. The molecule has 1 saturated heterocycles. The van der Waals surface area contributed by atoms with Gasteiger partial charge in [-0.1, -0.05) is 36.4 Å². The van der Waals surface area contributed by atoms with Crippen molar-refractivity contribution in [1.29, 1.82) is 0 Å². The minimum Gasteiger partial charge on any atom is -0.271 e. The van der Waals surface area contributed by atoms with Crippen LogP contribution in [-0.2, 0) is 4.79 Å². The van der Waals surface area contributed by atoms with Gasteiger partial charge in [0.15, 0.2) is 0 Å². The molecule has 142 valence electrons. The van der Waals surface area contributed by atoms with Gasteiger partial charge in [-0.3, -0.25) is 29.6 Å². The van der Waals surface area contributed by atoms with Gasteiger partial charge in [-0.05, 0) is 24.1 Å². The van der Waals surface area contributed by atoms with Crippen LogP contribution >= 0.6 is 0 Å². The van der Waals surface area contributed by atoms with Gasteiger partial charge in [-0.25, -0.2) is 15.8 Å². The third kappa shape index (κ3) is 3.48. The molecule has 2 aromatic heterocycles. The van der Waals surface area contributed by atoms with Crippen LogP contribution in [-0.4, -0.2) is 27.2 Å². The minimum atomic E-state index is -0.727. The summed E-state index contributed by atoms with van der Waals surface area (Å²) in [5, 5.41) is 0. The maximum atomic E-state index is 12.4. The summed E-state index contributed by atoms with van der Waals surface area (Å²) in [6.07, 6.45) is 3.24. The first-order valence-electron chi connectivity index (χ1n) is 8.76. The van der Waals surface area contributed by atoms with Gasteiger partial charge in [0.1, 0.15) is 17.3 Å². The zero-order chi connectivity index (χ0) is 19.5. The van der Waals surface area contributed by atoms with E-state index >= 15 is 0 Å². The molecule has 1 aromatic carbocycles. The van der Waals surface area contributed by atoms with Crippen LogP contribution in [0.5, 0.6) is 0 Å². The van der Waals surface area contributed by atoms with Crippen LogP contribution < -0.4 is 27.3 Å². The number of hydrazine groups is 2. The molecule has 28 heavy (non-hydrogen) atoms. The molecule has 3 aromatic rings. The number of rotatable bonds is 3. The van der Waals surface area contributed by atoms with E-state index < -0.39 is 23.4 Å². The number of fused-ring (bicyclic) bond motifs is 1. The second-order valence-corrected chi connectivity index (χ2v) is 6.39. The van der Waals surface area contributed by atoms with Crippen LogP contribution in [0.25, 0.3) is 5.65 Å². The van der Waals surface area contributed by atoms with Gasteiger partial charge in [0.05, 0.1) is 0 Å². The predicted octanol–water partition coefficient (Wildman–Crippen LogP) is 0.0633. The lowest BCUT2D eigenvalue weighted by atomic mass is 10.0. The Balaban J connectivity index is 1.38. The fourth-order valence-corrected chi connectivity index (χ4v) is 3.09. The molecule has 3 heterocycles. The van der Waals surface area contributed by atoms with E-state index in [0.717, 1.165) is 5.56 Å². The molecule has 9 heteroatoms. The fraction of sp³-hybridized carbons (Fsp3) is 0.158. The average molecular weight is 378 g/mol. The van der Waals surface area contributed by atoms with Crippen LogP contribution in [0, 0.1) is 0 Å². The van der Waals surface area contributed by atoms with E-state index in [1.165, 1.54) is 16.8 Å². The Labute approximate surface area is 159 Å². The molecule has 0 spiro atoms. The zero-order valence-corrected chi connectivity index (χ0v) is 14.8. The van der Waals surface area contributed by atoms with Crippen LogP contribution in [0.2, 0.25) is 0 Å². The molecule has 1 fully saturated rings. The van der Waals surface area contributed by atoms with E-state index in [0.29, 0.717) is 12.1 Å². The average Bonchev–Trinajstić information content (AvgIpc) is 3.23. The summed E-state index contributed by atoms with van der Waals surface area (Å²) >= 11 is 0. The molecule has 0 saturated carbocycles. The largest absolute Gasteiger partial charge is 0.276 e. The summed E-state index contributed by atoms with van der Waals surface area (Å²) < 4.78 is 1.27. The number of pyridine rings is 1. The first-order valence-corrected chi connectivity index (χ1v) is 8.76. The van der Waals surface area contributed by atoms with E-state index in [-0.39, 0.29) is 11.6 Å². The zero-order valence-electron chi connectivity index (χ0n) is 14.8. The third-order valence-corrected chi connectivity index (χ3v) is 4.58. The van der Waals surface area contributed by atoms with E-state index in [1.54, 1.807) is 18.2 Å². The van der Waals surface area contributed by atoms with Crippen molar-refractivity contribution in [3.05, 3.63) is 82.4 Å². The van der Waals surface area contributed by atoms with Crippen molar-refractivity contribution >= 4 is 17.5 Å². The van der Waals surface area contributed by atoms with E-state index in [2.05, 4.69) is 26.7 Å². The Hall–Kier alpha value is -3.56. The summed E-state index contributed by atoms with van der Waals surface area (Å²) in [6.45, 7) is 0. The Morgan fingerprint density at radius 1 is 1.04 bits per heavy atom. The van der Waals surface area contributed by atoms with Crippen molar-refractivity contribution in [2.24, 2.45) is 0 Å². The van der Waals surface area contributed by atoms with Crippen molar-refractivity contribution in [1.82, 2.24) is 31.1 Å². The smallest absolute Gasteiger partial charge is 0.271 e. The monoisotopic (exact) mass is 378 g/mol. The van der Waals surface area contributed by atoms with Crippen molar-refractivity contribution in [2.75, 3.05) is 0 Å². The predicted molar refractivity (Wildman–Crippen MR) is 101 cm³/mol. The van der Waals surface area contributed by atoms with Crippen molar-refractivity contribution in [3.63, 3.8) is 0 Å². The number of benzene rings is 1. The van der Waals surface area contributed by atoms with Crippen molar-refractivity contribution in [3.8, 4) is 0 Å². The lowest BCUT2D eigenvalue weighted by molar-refractivity contribution is -0.123. The topological polar surface area (TPSA) is 117 Å². The van der Waals surface area contributed by atoms with Crippen LogP contribution in [0.4, 0.5) is 0 Å². The molecule has 0 radical (unpaired) electrons. The van der Waals surface area contributed by atoms with Gasteiger partial charge in [0, 0.05) is 18.4 Å². The molecule has 9 nitrogen and oxygen atoms in total. The van der Waals surface area contributed by atoms with Gasteiger partial charge < -0.3 is 0 Å². The first kappa shape index (κ1) is 17.8. The Morgan fingerprint density at radius 2 is 1.82 bits per heavy atom. The van der Waals surface area contributed by atoms with Gasteiger partial charge in [-0.2, -0.15) is 0 Å². The number of nitrogens with one attached hydrogen (secondary N) is 4. The Morgan fingerprint density at radius 3 is 2.64 bits per heavy atom. The molecule has 1 aliphatic heterocycles. The lowest BCUT2D eigenvalue weighted by Gasteiger charge is -2.11. The molecule has 4 N–H and O–H groups in total. The maximum Gasteiger partial charge on any atom is 0.276 e. The molecule has 2 unspecified atom stereocenters. The normalized spacial score (nSPS) is 18.7. The molecule has 0 aliphatic carbocycles. The molecule has 4 rings (SSSR count). The highest BCUT2D eigenvalue weighted by Crippen LogP contribution is 2.21. The SMILES string of the molecule is O=C(NNC(=O)C1CC(c2ccccc2)NN1)c1cnc2ccccn2c1=O. The number of nitrogens with zero attached hydrogens (tertiary/aromatic N) is 2. The minimum absolute atomic E-state index is 0.0121. The van der Waals surface area contributed by atoms with Crippen molar-refractivity contribution in [2.45, 2.75) is 18.5 Å². The van der Waals surface area contributed by atoms with Crippen LogP contribution in [0.3, 0.4) is 0 Å². The Bertz CT molecular complexity index is 1080. The van der Waals surface area contributed by atoms with E-state index in [1.807, 2.05) is 30.3 Å². The number of hydrogen-bond acceptors (Lipinski definition) is 6. The number of carbonyl (C=O) groups excluding carboxylic acids is 2. The van der Waals surface area contributed by atoms with Crippen LogP contribution in [0.15, 0.2) is 65.7 Å². The van der Waals surface area contributed by atoms with Crippen LogP contribution in [0.1, 0.15) is 28.4 Å². The summed E-state index contributed by atoms with van der Waals surface area (Å²) in [4.78, 5) is 41.1. The second kappa shape index (κ2) is 7.59. The van der Waals surface area contributed by atoms with Gasteiger partial charge in [0.2, 0.25) is 0 Å². The first-order chi connectivity index (χ1) is 13.6. The molecular formula is C19H18N6O3. The van der Waals surface area contributed by atoms with E-state index in [4.69, 9.17) is 0 Å². The molecule has 2 amide bonds. The second-order valence-electron chi connectivity index (χ2n) is 6.39. The highest BCUT2D eigenvalue weighted by atomic mass is 16.2. The number of amides is 2. The number of aromatic nitrogens is 2. The summed E-state index contributed by atoms with van der Waals surface area (Å²) in [5.41, 5.74) is 11.4. The van der Waals surface area contributed by atoms with E-state index in [9.17, 15) is 14.4 Å². The lowest BCUT2D eigenvalue weighted by Crippen LogP contribution is -2.51. The molecule has 2 atom stereocenters. The quantitative estimate of drug-likeness (QED) is 0.479.